The molecule has 0 unspecified atom stereocenters. The van der Waals surface area contributed by atoms with Crippen molar-refractivity contribution in [1.82, 2.24) is 10.6 Å². The quantitative estimate of drug-likeness (QED) is 0.858. The molecular formula is C13H21ClN2O3. The van der Waals surface area contributed by atoms with E-state index in [1.54, 1.807) is 13.4 Å². The molecule has 19 heavy (non-hydrogen) atoms. The number of nitrogens with one attached hydrogen (secondary N) is 2. The number of amides is 1. The molecule has 1 aromatic heterocycles. The van der Waals surface area contributed by atoms with Crippen LogP contribution in [0, 0.1) is 5.41 Å². The predicted molar refractivity (Wildman–Crippen MR) is 74.2 cm³/mol. The summed E-state index contributed by atoms with van der Waals surface area (Å²) in [5.41, 5.74) is -0.396. The van der Waals surface area contributed by atoms with Gasteiger partial charge in [-0.15, -0.1) is 12.4 Å². The van der Waals surface area contributed by atoms with Gasteiger partial charge in [0.15, 0.2) is 0 Å². The average Bonchev–Trinajstić information content (AvgIpc) is 2.90. The SMILES string of the molecule is COCC1(C(=O)NCc2ccco2)CCNCC1.Cl. The van der Waals surface area contributed by atoms with Crippen LogP contribution in [0.2, 0.25) is 0 Å². The van der Waals surface area contributed by atoms with Crippen molar-refractivity contribution in [1.29, 1.82) is 0 Å². The lowest BCUT2D eigenvalue weighted by Crippen LogP contribution is -2.49. The van der Waals surface area contributed by atoms with Crippen LogP contribution in [-0.2, 0) is 16.1 Å². The molecule has 1 amide bonds. The number of methoxy groups -OCH3 is 1. The van der Waals surface area contributed by atoms with Gasteiger partial charge in [-0.3, -0.25) is 4.79 Å². The first kappa shape index (κ1) is 16.0. The van der Waals surface area contributed by atoms with E-state index in [4.69, 9.17) is 9.15 Å². The Hall–Kier alpha value is -1.04. The van der Waals surface area contributed by atoms with Gasteiger partial charge in [0.2, 0.25) is 5.91 Å². The van der Waals surface area contributed by atoms with Crippen molar-refractivity contribution >= 4 is 18.3 Å². The lowest BCUT2D eigenvalue weighted by atomic mass is 9.78. The summed E-state index contributed by atoms with van der Waals surface area (Å²) in [6.45, 7) is 2.62. The second-order valence-electron chi connectivity index (χ2n) is 4.73. The van der Waals surface area contributed by atoms with Crippen molar-refractivity contribution in [2.45, 2.75) is 19.4 Å². The summed E-state index contributed by atoms with van der Waals surface area (Å²) in [5.74, 6) is 0.826. The smallest absolute Gasteiger partial charge is 0.229 e. The van der Waals surface area contributed by atoms with Gasteiger partial charge in [-0.05, 0) is 38.1 Å². The Labute approximate surface area is 119 Å². The maximum atomic E-state index is 12.3. The summed E-state index contributed by atoms with van der Waals surface area (Å²) in [6.07, 6.45) is 3.23. The van der Waals surface area contributed by atoms with E-state index in [1.165, 1.54) is 0 Å². The number of rotatable bonds is 5. The van der Waals surface area contributed by atoms with Gasteiger partial charge in [-0.1, -0.05) is 0 Å². The second-order valence-corrected chi connectivity index (χ2v) is 4.73. The van der Waals surface area contributed by atoms with Gasteiger partial charge < -0.3 is 19.8 Å². The highest BCUT2D eigenvalue weighted by Gasteiger charge is 2.39. The highest BCUT2D eigenvalue weighted by Crippen LogP contribution is 2.29. The van der Waals surface area contributed by atoms with Crippen LogP contribution in [0.4, 0.5) is 0 Å². The van der Waals surface area contributed by atoms with Crippen LogP contribution in [0.1, 0.15) is 18.6 Å². The van der Waals surface area contributed by atoms with Crippen LogP contribution >= 0.6 is 12.4 Å². The maximum absolute atomic E-state index is 12.3. The van der Waals surface area contributed by atoms with Gasteiger partial charge >= 0.3 is 0 Å². The minimum absolute atomic E-state index is 0. The molecule has 1 fully saturated rings. The molecule has 0 atom stereocenters. The van der Waals surface area contributed by atoms with Crippen molar-refractivity contribution < 1.29 is 13.9 Å². The number of carbonyl (C=O) groups is 1. The molecule has 0 aromatic carbocycles. The predicted octanol–water partition coefficient (Wildman–Crippen LogP) is 1.33. The third kappa shape index (κ3) is 3.96. The van der Waals surface area contributed by atoms with Crippen LogP contribution in [0.25, 0.3) is 0 Å². The van der Waals surface area contributed by atoms with Crippen molar-refractivity contribution in [3.05, 3.63) is 24.2 Å². The highest BCUT2D eigenvalue weighted by molar-refractivity contribution is 5.85. The Kier molecular flexibility index (Phi) is 6.34. The molecule has 2 rings (SSSR count). The Bertz CT molecular complexity index is 370. The van der Waals surface area contributed by atoms with E-state index < -0.39 is 5.41 Å². The third-order valence-corrected chi connectivity index (χ3v) is 3.47. The summed E-state index contributed by atoms with van der Waals surface area (Å²) >= 11 is 0. The van der Waals surface area contributed by atoms with Crippen LogP contribution in [0.15, 0.2) is 22.8 Å². The van der Waals surface area contributed by atoms with Gasteiger partial charge in [0.25, 0.3) is 0 Å². The van der Waals surface area contributed by atoms with E-state index in [1.807, 2.05) is 12.1 Å². The second kappa shape index (κ2) is 7.53. The fraction of sp³-hybridized carbons (Fsp3) is 0.615. The zero-order valence-corrected chi connectivity index (χ0v) is 11.9. The Morgan fingerprint density at radius 1 is 1.53 bits per heavy atom. The normalized spacial score (nSPS) is 17.5. The molecule has 1 saturated heterocycles. The minimum atomic E-state index is -0.396. The topological polar surface area (TPSA) is 63.5 Å². The van der Waals surface area contributed by atoms with Gasteiger partial charge in [0, 0.05) is 7.11 Å². The number of piperidine rings is 1. The van der Waals surface area contributed by atoms with Crippen molar-refractivity contribution in [2.75, 3.05) is 26.8 Å². The minimum Gasteiger partial charge on any atom is -0.467 e. The molecule has 1 aliphatic rings. The Morgan fingerprint density at radius 3 is 2.84 bits per heavy atom. The van der Waals surface area contributed by atoms with E-state index in [0.717, 1.165) is 31.7 Å². The number of ether oxygens (including phenoxy) is 1. The molecule has 2 heterocycles. The van der Waals surface area contributed by atoms with Gasteiger partial charge in [0.1, 0.15) is 5.76 Å². The van der Waals surface area contributed by atoms with Crippen LogP contribution < -0.4 is 10.6 Å². The highest BCUT2D eigenvalue weighted by atomic mass is 35.5. The zero-order chi connectivity index (χ0) is 12.8. The molecule has 2 N–H and O–H groups in total. The number of hydrogen-bond donors (Lipinski definition) is 2. The largest absolute Gasteiger partial charge is 0.467 e. The average molecular weight is 289 g/mol. The standard InChI is InChI=1S/C13H20N2O3.ClH/c1-17-10-13(4-6-14-7-5-13)12(16)15-9-11-3-2-8-18-11;/h2-3,8,14H,4-7,9-10H2,1H3,(H,15,16);1H. The first-order chi connectivity index (χ1) is 8.77. The molecule has 0 bridgehead atoms. The molecule has 1 aliphatic heterocycles. The van der Waals surface area contributed by atoms with Crippen LogP contribution in [0.3, 0.4) is 0 Å². The lowest BCUT2D eigenvalue weighted by Gasteiger charge is -2.35. The fourth-order valence-corrected chi connectivity index (χ4v) is 2.39. The summed E-state index contributed by atoms with van der Waals surface area (Å²) in [5, 5.41) is 6.21. The molecule has 6 heteroatoms. The summed E-state index contributed by atoms with van der Waals surface area (Å²) < 4.78 is 10.4. The number of carbonyl (C=O) groups excluding carboxylic acids is 1. The maximum Gasteiger partial charge on any atom is 0.229 e. The molecular weight excluding hydrogens is 268 g/mol. The van der Waals surface area contributed by atoms with Gasteiger partial charge in [0.05, 0.1) is 24.8 Å². The molecule has 5 nitrogen and oxygen atoms in total. The third-order valence-electron chi connectivity index (χ3n) is 3.47. The molecule has 0 saturated carbocycles. The zero-order valence-electron chi connectivity index (χ0n) is 11.1. The molecule has 1 aromatic rings. The Balaban J connectivity index is 0.00000180. The fourth-order valence-electron chi connectivity index (χ4n) is 2.39. The number of halogens is 1. The van der Waals surface area contributed by atoms with E-state index in [0.29, 0.717) is 13.2 Å². The van der Waals surface area contributed by atoms with E-state index in [9.17, 15) is 4.79 Å². The van der Waals surface area contributed by atoms with Crippen molar-refractivity contribution in [2.24, 2.45) is 5.41 Å². The van der Waals surface area contributed by atoms with Crippen molar-refractivity contribution in [3.8, 4) is 0 Å². The van der Waals surface area contributed by atoms with E-state index in [2.05, 4.69) is 10.6 Å². The molecule has 0 radical (unpaired) electrons. The lowest BCUT2D eigenvalue weighted by molar-refractivity contribution is -0.136. The first-order valence-corrected chi connectivity index (χ1v) is 6.27. The number of hydrogen-bond acceptors (Lipinski definition) is 4. The van der Waals surface area contributed by atoms with Gasteiger partial charge in [-0.2, -0.15) is 0 Å². The van der Waals surface area contributed by atoms with Crippen LogP contribution in [-0.4, -0.2) is 32.7 Å². The molecule has 108 valence electrons. The molecule has 0 spiro atoms. The van der Waals surface area contributed by atoms with Gasteiger partial charge in [-0.25, -0.2) is 0 Å². The summed E-state index contributed by atoms with van der Waals surface area (Å²) in [7, 11) is 1.64. The van der Waals surface area contributed by atoms with Crippen LogP contribution in [0.5, 0.6) is 0 Å². The van der Waals surface area contributed by atoms with E-state index in [-0.39, 0.29) is 18.3 Å². The summed E-state index contributed by atoms with van der Waals surface area (Å²) in [6, 6.07) is 3.67. The van der Waals surface area contributed by atoms with E-state index >= 15 is 0 Å². The van der Waals surface area contributed by atoms with Crippen molar-refractivity contribution in [3.63, 3.8) is 0 Å². The Morgan fingerprint density at radius 2 is 2.26 bits per heavy atom. The monoisotopic (exact) mass is 288 g/mol. The first-order valence-electron chi connectivity index (χ1n) is 6.27. The number of furan rings is 1. The summed E-state index contributed by atoms with van der Waals surface area (Å²) in [4.78, 5) is 12.3. The molecule has 0 aliphatic carbocycles.